The summed E-state index contributed by atoms with van der Waals surface area (Å²) in [5, 5.41) is 2.77. The first-order valence-electron chi connectivity index (χ1n) is 12.5. The Morgan fingerprint density at radius 2 is 2.18 bits per heavy atom. The van der Waals surface area contributed by atoms with Crippen molar-refractivity contribution in [3.63, 3.8) is 0 Å². The normalized spacial score (nSPS) is 23.0. The van der Waals surface area contributed by atoms with E-state index in [-0.39, 0.29) is 47.2 Å². The number of fused-ring (bicyclic) bond motifs is 1. The molecule has 2 aromatic heterocycles. The van der Waals surface area contributed by atoms with Gasteiger partial charge in [0.2, 0.25) is 5.91 Å². The molecule has 3 fully saturated rings. The van der Waals surface area contributed by atoms with Crippen molar-refractivity contribution in [1.82, 2.24) is 19.6 Å². The molecule has 0 spiro atoms. The summed E-state index contributed by atoms with van der Waals surface area (Å²) < 4.78 is 12.5. The van der Waals surface area contributed by atoms with Crippen LogP contribution in [0.3, 0.4) is 0 Å². The van der Waals surface area contributed by atoms with Crippen LogP contribution in [0.5, 0.6) is 0 Å². The maximum atomic E-state index is 13.7. The fourth-order valence-electron chi connectivity index (χ4n) is 4.77. The van der Waals surface area contributed by atoms with Gasteiger partial charge in [-0.05, 0) is 38.0 Å². The van der Waals surface area contributed by atoms with Crippen molar-refractivity contribution >= 4 is 63.6 Å². The van der Waals surface area contributed by atoms with Crippen LogP contribution in [-0.4, -0.2) is 81.4 Å². The molecule has 0 bridgehead atoms. The predicted molar refractivity (Wildman–Crippen MR) is 146 cm³/mol. The molecule has 2 aromatic rings. The number of carbonyl (C=O) groups excluding carboxylic acids is 3. The quantitative estimate of drug-likeness (QED) is 0.303. The van der Waals surface area contributed by atoms with Gasteiger partial charge in [-0.3, -0.25) is 28.5 Å². The first-order chi connectivity index (χ1) is 18.4. The third kappa shape index (κ3) is 5.18. The number of anilines is 1. The lowest BCUT2D eigenvalue weighted by Gasteiger charge is -2.36. The van der Waals surface area contributed by atoms with Crippen LogP contribution >= 0.6 is 24.0 Å². The molecule has 2 atom stereocenters. The first-order valence-corrected chi connectivity index (χ1v) is 13.7. The van der Waals surface area contributed by atoms with Gasteiger partial charge in [-0.15, -0.1) is 0 Å². The lowest BCUT2D eigenvalue weighted by molar-refractivity contribution is -0.145. The number of esters is 1. The zero-order chi connectivity index (χ0) is 26.8. The lowest BCUT2D eigenvalue weighted by Crippen LogP contribution is -2.57. The Hall–Kier alpha value is -3.29. The number of nitrogens with zero attached hydrogens (tertiary/aromatic N) is 4. The third-order valence-corrected chi connectivity index (χ3v) is 7.95. The highest BCUT2D eigenvalue weighted by molar-refractivity contribution is 8.26. The summed E-state index contributed by atoms with van der Waals surface area (Å²) >= 11 is 6.59. The summed E-state index contributed by atoms with van der Waals surface area (Å²) in [4.78, 5) is 60.4. The molecule has 5 rings (SSSR count). The van der Waals surface area contributed by atoms with Gasteiger partial charge in [-0.2, -0.15) is 0 Å². The molecule has 38 heavy (non-hydrogen) atoms. The van der Waals surface area contributed by atoms with Crippen LogP contribution in [0.25, 0.3) is 11.7 Å². The number of amides is 2. The van der Waals surface area contributed by atoms with E-state index in [1.54, 1.807) is 36.2 Å². The van der Waals surface area contributed by atoms with E-state index in [2.05, 4.69) is 5.32 Å². The molecule has 0 aromatic carbocycles. The molecule has 200 valence electrons. The maximum absolute atomic E-state index is 13.7. The molecule has 13 heteroatoms. The SMILES string of the molecule is CCOC(=O)C[C@H]1C(=O)NCCN1c1nc2ccccn2c(=O)c1/C=C1\SC(=S)N(C[C@H]2CCCO2)C1=O. The zero-order valence-electron chi connectivity index (χ0n) is 20.8. The van der Waals surface area contributed by atoms with Crippen molar-refractivity contribution in [3.05, 3.63) is 45.2 Å². The highest BCUT2D eigenvalue weighted by atomic mass is 32.2. The minimum Gasteiger partial charge on any atom is -0.466 e. The van der Waals surface area contributed by atoms with Gasteiger partial charge in [0.1, 0.15) is 21.8 Å². The van der Waals surface area contributed by atoms with E-state index in [1.165, 1.54) is 15.4 Å². The molecule has 0 radical (unpaired) electrons. The fraction of sp³-hybridized carbons (Fsp3) is 0.440. The van der Waals surface area contributed by atoms with E-state index in [0.717, 1.165) is 24.6 Å². The topological polar surface area (TPSA) is 123 Å². The number of rotatable bonds is 7. The van der Waals surface area contributed by atoms with Crippen LogP contribution in [0.1, 0.15) is 31.7 Å². The minimum atomic E-state index is -0.929. The summed E-state index contributed by atoms with van der Waals surface area (Å²) in [7, 11) is 0. The molecule has 0 saturated carbocycles. The van der Waals surface area contributed by atoms with Gasteiger partial charge in [-0.25, -0.2) is 4.98 Å². The number of hydrogen-bond donors (Lipinski definition) is 1. The van der Waals surface area contributed by atoms with E-state index in [4.69, 9.17) is 26.7 Å². The third-order valence-electron chi connectivity index (χ3n) is 6.58. The molecule has 3 saturated heterocycles. The van der Waals surface area contributed by atoms with Crippen LogP contribution in [-0.2, 0) is 23.9 Å². The van der Waals surface area contributed by atoms with Crippen LogP contribution in [0.2, 0.25) is 0 Å². The fourth-order valence-corrected chi connectivity index (χ4v) is 6.02. The van der Waals surface area contributed by atoms with Gasteiger partial charge in [0.05, 0.1) is 36.1 Å². The molecule has 3 aliphatic heterocycles. The highest BCUT2D eigenvalue weighted by Crippen LogP contribution is 2.35. The first kappa shape index (κ1) is 26.3. The predicted octanol–water partition coefficient (Wildman–Crippen LogP) is 1.33. The van der Waals surface area contributed by atoms with E-state index in [1.807, 2.05) is 0 Å². The van der Waals surface area contributed by atoms with Crippen LogP contribution in [0.15, 0.2) is 34.1 Å². The van der Waals surface area contributed by atoms with Crippen molar-refractivity contribution in [3.8, 4) is 0 Å². The van der Waals surface area contributed by atoms with Gasteiger partial charge < -0.3 is 19.7 Å². The number of hydrogen-bond acceptors (Lipinski definition) is 10. The highest BCUT2D eigenvalue weighted by Gasteiger charge is 2.37. The standard InChI is InChI=1S/C25H27N5O6S2/c1-2-35-20(31)13-17-22(32)26-8-10-28(17)21-16(23(33)29-9-4-3-7-19(29)27-21)12-18-24(34)30(25(37)38-18)14-15-6-5-11-36-15/h3-4,7,9,12,15,17H,2,5-6,8,10-11,13-14H2,1H3,(H,26,32)/b18-12-/t15-,17+/m1/s1. The molecular formula is C25H27N5O6S2. The van der Waals surface area contributed by atoms with Crippen LogP contribution in [0, 0.1) is 0 Å². The van der Waals surface area contributed by atoms with Crippen LogP contribution in [0.4, 0.5) is 5.82 Å². The number of thiocarbonyl (C=S) groups is 1. The monoisotopic (exact) mass is 557 g/mol. The Balaban J connectivity index is 1.57. The molecular weight excluding hydrogens is 530 g/mol. The van der Waals surface area contributed by atoms with Crippen molar-refractivity contribution in [1.29, 1.82) is 0 Å². The van der Waals surface area contributed by atoms with Crippen molar-refractivity contribution < 1.29 is 23.9 Å². The number of thioether (sulfide) groups is 1. The molecule has 1 N–H and O–H groups in total. The van der Waals surface area contributed by atoms with Gasteiger partial charge in [0, 0.05) is 25.9 Å². The van der Waals surface area contributed by atoms with E-state index < -0.39 is 17.6 Å². The summed E-state index contributed by atoms with van der Waals surface area (Å²) in [6.07, 6.45) is 4.60. The van der Waals surface area contributed by atoms with Gasteiger partial charge >= 0.3 is 5.97 Å². The van der Waals surface area contributed by atoms with E-state index >= 15 is 0 Å². The largest absolute Gasteiger partial charge is 0.466 e. The summed E-state index contributed by atoms with van der Waals surface area (Å²) in [5.41, 5.74) is 0.0992. The second-order valence-corrected chi connectivity index (χ2v) is 10.7. The minimum absolute atomic E-state index is 0.0733. The van der Waals surface area contributed by atoms with E-state index in [9.17, 15) is 19.2 Å². The lowest BCUT2D eigenvalue weighted by atomic mass is 10.1. The number of aromatic nitrogens is 2. The molecule has 11 nitrogen and oxygen atoms in total. The average molecular weight is 558 g/mol. The summed E-state index contributed by atoms with van der Waals surface area (Å²) in [5.74, 6) is -0.991. The second-order valence-electron chi connectivity index (χ2n) is 9.02. The molecule has 2 amide bonds. The van der Waals surface area contributed by atoms with Gasteiger partial charge in [-0.1, -0.05) is 30.0 Å². The Morgan fingerprint density at radius 3 is 2.95 bits per heavy atom. The zero-order valence-corrected chi connectivity index (χ0v) is 22.4. The van der Waals surface area contributed by atoms with Crippen LogP contribution < -0.4 is 15.8 Å². The molecule has 5 heterocycles. The Labute approximate surface area is 228 Å². The molecule has 0 aliphatic carbocycles. The Bertz CT molecular complexity index is 1390. The number of piperazine rings is 1. The second kappa shape index (κ2) is 11.2. The smallest absolute Gasteiger partial charge is 0.308 e. The average Bonchev–Trinajstić information content (AvgIpc) is 3.51. The number of pyridine rings is 1. The Morgan fingerprint density at radius 1 is 1.34 bits per heavy atom. The number of carbonyl (C=O) groups is 3. The van der Waals surface area contributed by atoms with Crippen molar-refractivity contribution in [2.75, 3.05) is 37.7 Å². The van der Waals surface area contributed by atoms with Crippen molar-refractivity contribution in [2.45, 2.75) is 38.3 Å². The van der Waals surface area contributed by atoms with Gasteiger partial charge in [0.25, 0.3) is 11.5 Å². The Kier molecular flexibility index (Phi) is 7.77. The van der Waals surface area contributed by atoms with Crippen molar-refractivity contribution in [2.24, 2.45) is 0 Å². The number of ether oxygens (including phenoxy) is 2. The molecule has 0 unspecified atom stereocenters. The summed E-state index contributed by atoms with van der Waals surface area (Å²) in [6.45, 7) is 3.51. The summed E-state index contributed by atoms with van der Waals surface area (Å²) in [6, 6.07) is 4.21. The molecule has 3 aliphatic rings. The van der Waals surface area contributed by atoms with Gasteiger partial charge in [0.15, 0.2) is 0 Å². The maximum Gasteiger partial charge on any atom is 0.308 e. The van der Waals surface area contributed by atoms with E-state index in [0.29, 0.717) is 36.2 Å². The number of nitrogens with one attached hydrogen (secondary N) is 1.